The van der Waals surface area contributed by atoms with Crippen LogP contribution in [0.2, 0.25) is 0 Å². The van der Waals surface area contributed by atoms with Crippen LogP contribution < -0.4 is 0 Å². The first-order chi connectivity index (χ1) is 11.4. The number of benzene rings is 3. The Labute approximate surface area is 135 Å². The van der Waals surface area contributed by atoms with E-state index in [0.717, 1.165) is 28.2 Å². The number of rotatable bonds is 3. The molecule has 0 N–H and O–H groups in total. The summed E-state index contributed by atoms with van der Waals surface area (Å²) in [5, 5.41) is 4.83. The van der Waals surface area contributed by atoms with Crippen molar-refractivity contribution in [3.8, 4) is 28.2 Å². The molecule has 0 aliphatic heterocycles. The molecule has 0 spiro atoms. The van der Waals surface area contributed by atoms with E-state index in [1.54, 1.807) is 0 Å². The summed E-state index contributed by atoms with van der Waals surface area (Å²) in [6.45, 7) is 0. The minimum atomic E-state index is 0.970. The lowest BCUT2D eigenvalue weighted by atomic mass is 10.1. The summed E-state index contributed by atoms with van der Waals surface area (Å²) < 4.78 is 1.99. The van der Waals surface area contributed by atoms with Gasteiger partial charge in [-0.3, -0.25) is 0 Å². The Hall–Kier alpha value is -3.13. The predicted octanol–water partition coefficient (Wildman–Crippen LogP) is 5.01. The normalized spacial score (nSPS) is 10.6. The number of hydrogen-bond acceptors (Lipinski definition) is 1. The van der Waals surface area contributed by atoms with Crippen molar-refractivity contribution in [2.45, 2.75) is 0 Å². The molecule has 1 radical (unpaired) electrons. The Balaban J connectivity index is 1.91. The van der Waals surface area contributed by atoms with Gasteiger partial charge in [0.1, 0.15) is 0 Å². The lowest BCUT2D eigenvalue weighted by Gasteiger charge is -2.07. The maximum atomic E-state index is 4.83. The zero-order valence-corrected chi connectivity index (χ0v) is 12.6. The van der Waals surface area contributed by atoms with Crippen LogP contribution in [0.4, 0.5) is 0 Å². The van der Waals surface area contributed by atoms with E-state index < -0.39 is 0 Å². The molecule has 0 aliphatic carbocycles. The SMILES string of the molecule is [c]1ccc(-n2nc(-c3ccccc3)cc2-c2ccccc2)cc1. The Bertz CT molecular complexity index is 838. The monoisotopic (exact) mass is 295 g/mol. The fourth-order valence-electron chi connectivity index (χ4n) is 2.66. The molecule has 0 amide bonds. The summed E-state index contributed by atoms with van der Waals surface area (Å²) in [6, 6.07) is 33.7. The minimum Gasteiger partial charge on any atom is -0.232 e. The quantitative estimate of drug-likeness (QED) is 0.519. The van der Waals surface area contributed by atoms with Crippen molar-refractivity contribution < 1.29 is 0 Å². The molecular formula is C21H15N2. The Morgan fingerprint density at radius 2 is 1.30 bits per heavy atom. The van der Waals surface area contributed by atoms with E-state index in [1.165, 1.54) is 0 Å². The average molecular weight is 295 g/mol. The standard InChI is InChI=1S/C21H15N2/c1-4-10-17(11-5-1)20-16-21(18-12-6-2-7-13-18)23(22-20)19-14-8-3-9-15-19/h1-2,4-16H. The van der Waals surface area contributed by atoms with Crippen molar-refractivity contribution in [3.63, 3.8) is 0 Å². The van der Waals surface area contributed by atoms with Crippen LogP contribution in [0.25, 0.3) is 28.2 Å². The van der Waals surface area contributed by atoms with Gasteiger partial charge in [0, 0.05) is 11.1 Å². The maximum Gasteiger partial charge on any atom is 0.0934 e. The summed E-state index contributed by atoms with van der Waals surface area (Å²) in [5.74, 6) is 0. The lowest BCUT2D eigenvalue weighted by molar-refractivity contribution is 0.892. The van der Waals surface area contributed by atoms with Crippen molar-refractivity contribution in [1.29, 1.82) is 0 Å². The van der Waals surface area contributed by atoms with Gasteiger partial charge in [-0.15, -0.1) is 0 Å². The van der Waals surface area contributed by atoms with E-state index in [-0.39, 0.29) is 0 Å². The van der Waals surface area contributed by atoms with Gasteiger partial charge < -0.3 is 0 Å². The molecule has 0 aliphatic rings. The predicted molar refractivity (Wildman–Crippen MR) is 93.3 cm³/mol. The first-order valence-corrected chi connectivity index (χ1v) is 7.59. The smallest absolute Gasteiger partial charge is 0.0934 e. The summed E-state index contributed by atoms with van der Waals surface area (Å²) in [7, 11) is 0. The zero-order valence-electron chi connectivity index (χ0n) is 12.6. The van der Waals surface area contributed by atoms with Crippen LogP contribution >= 0.6 is 0 Å². The molecule has 3 aromatic carbocycles. The van der Waals surface area contributed by atoms with Crippen molar-refractivity contribution >= 4 is 0 Å². The Morgan fingerprint density at radius 3 is 1.96 bits per heavy atom. The van der Waals surface area contributed by atoms with Crippen molar-refractivity contribution in [2.75, 3.05) is 0 Å². The van der Waals surface area contributed by atoms with Gasteiger partial charge in [0.05, 0.1) is 17.1 Å². The number of aromatic nitrogens is 2. The minimum absolute atomic E-state index is 0.970. The second-order valence-electron chi connectivity index (χ2n) is 5.32. The van der Waals surface area contributed by atoms with Gasteiger partial charge in [-0.2, -0.15) is 5.10 Å². The zero-order chi connectivity index (χ0) is 15.5. The van der Waals surface area contributed by atoms with Crippen molar-refractivity contribution in [3.05, 3.63) is 97.1 Å². The highest BCUT2D eigenvalue weighted by Gasteiger charge is 2.12. The molecule has 0 atom stereocenters. The molecule has 4 aromatic rings. The third-order valence-electron chi connectivity index (χ3n) is 3.79. The second-order valence-corrected chi connectivity index (χ2v) is 5.32. The van der Waals surface area contributed by atoms with E-state index in [9.17, 15) is 0 Å². The highest BCUT2D eigenvalue weighted by Crippen LogP contribution is 2.28. The molecule has 1 aromatic heterocycles. The number of hydrogen-bond donors (Lipinski definition) is 0. The molecule has 0 saturated heterocycles. The summed E-state index contributed by atoms with van der Waals surface area (Å²) >= 11 is 0. The van der Waals surface area contributed by atoms with E-state index in [0.29, 0.717) is 0 Å². The van der Waals surface area contributed by atoms with Gasteiger partial charge in [0.15, 0.2) is 0 Å². The van der Waals surface area contributed by atoms with Crippen molar-refractivity contribution in [2.24, 2.45) is 0 Å². The van der Waals surface area contributed by atoms with E-state index in [1.807, 2.05) is 65.3 Å². The fraction of sp³-hybridized carbons (Fsp3) is 0. The summed E-state index contributed by atoms with van der Waals surface area (Å²) in [6.07, 6.45) is 0. The first-order valence-electron chi connectivity index (χ1n) is 7.59. The summed E-state index contributed by atoms with van der Waals surface area (Å²) in [4.78, 5) is 0. The Kier molecular flexibility index (Phi) is 3.49. The number of nitrogens with zero attached hydrogens (tertiary/aromatic N) is 2. The topological polar surface area (TPSA) is 17.8 Å². The van der Waals surface area contributed by atoms with Gasteiger partial charge in [-0.1, -0.05) is 72.8 Å². The molecule has 2 heteroatoms. The van der Waals surface area contributed by atoms with Crippen LogP contribution in [0.15, 0.2) is 91.0 Å². The van der Waals surface area contributed by atoms with Crippen LogP contribution in [0.1, 0.15) is 0 Å². The van der Waals surface area contributed by atoms with Crippen molar-refractivity contribution in [1.82, 2.24) is 9.78 Å². The van der Waals surface area contributed by atoms with Gasteiger partial charge in [0.2, 0.25) is 0 Å². The first kappa shape index (κ1) is 13.5. The Morgan fingerprint density at radius 1 is 0.696 bits per heavy atom. The molecule has 2 nitrogen and oxygen atoms in total. The van der Waals surface area contributed by atoms with Gasteiger partial charge in [-0.25, -0.2) is 4.68 Å². The molecule has 109 valence electrons. The van der Waals surface area contributed by atoms with Crippen LogP contribution in [0, 0.1) is 6.07 Å². The van der Waals surface area contributed by atoms with Crippen LogP contribution in [0.5, 0.6) is 0 Å². The fourth-order valence-corrected chi connectivity index (χ4v) is 2.66. The molecule has 23 heavy (non-hydrogen) atoms. The highest BCUT2D eigenvalue weighted by molar-refractivity contribution is 5.70. The highest BCUT2D eigenvalue weighted by atomic mass is 15.3. The molecule has 1 heterocycles. The molecule has 4 rings (SSSR count). The van der Waals surface area contributed by atoms with Gasteiger partial charge in [-0.05, 0) is 24.3 Å². The average Bonchev–Trinajstić information content (AvgIpc) is 3.09. The molecule has 0 unspecified atom stereocenters. The molecule has 0 bridgehead atoms. The summed E-state index contributed by atoms with van der Waals surface area (Å²) in [5.41, 5.74) is 5.35. The maximum absolute atomic E-state index is 4.83. The third kappa shape index (κ3) is 2.67. The second kappa shape index (κ2) is 5.93. The van der Waals surface area contributed by atoms with Crippen LogP contribution in [-0.4, -0.2) is 9.78 Å². The van der Waals surface area contributed by atoms with Crippen LogP contribution in [0.3, 0.4) is 0 Å². The molecular weight excluding hydrogens is 280 g/mol. The molecule has 0 fully saturated rings. The van der Waals surface area contributed by atoms with Crippen LogP contribution in [-0.2, 0) is 0 Å². The van der Waals surface area contributed by atoms with Gasteiger partial charge >= 0.3 is 0 Å². The van der Waals surface area contributed by atoms with E-state index >= 15 is 0 Å². The van der Waals surface area contributed by atoms with E-state index in [4.69, 9.17) is 5.10 Å². The third-order valence-corrected chi connectivity index (χ3v) is 3.79. The molecule has 0 saturated carbocycles. The van der Waals surface area contributed by atoms with E-state index in [2.05, 4.69) is 36.4 Å². The lowest BCUT2D eigenvalue weighted by Crippen LogP contribution is -1.98. The largest absolute Gasteiger partial charge is 0.232 e. The van der Waals surface area contributed by atoms with Gasteiger partial charge in [0.25, 0.3) is 0 Å².